The summed E-state index contributed by atoms with van der Waals surface area (Å²) in [7, 11) is 0. The minimum atomic E-state index is 0.146. The van der Waals surface area contributed by atoms with Crippen molar-refractivity contribution >= 4 is 29.0 Å². The molecule has 0 spiro atoms. The van der Waals surface area contributed by atoms with Crippen LogP contribution >= 0.6 is 23.1 Å². The number of hydrogen-bond donors (Lipinski definition) is 1. The summed E-state index contributed by atoms with van der Waals surface area (Å²) in [5, 5.41) is 7.05. The van der Waals surface area contributed by atoms with Gasteiger partial charge in [0.2, 0.25) is 5.91 Å². The largest absolute Gasteiger partial charge is 0.355 e. The number of amides is 1. The van der Waals surface area contributed by atoms with Gasteiger partial charge in [-0.1, -0.05) is 26.2 Å². The van der Waals surface area contributed by atoms with Crippen LogP contribution in [0.15, 0.2) is 21.7 Å². The van der Waals surface area contributed by atoms with Gasteiger partial charge in [0, 0.05) is 16.8 Å². The average Bonchev–Trinajstić information content (AvgIpc) is 2.79. The lowest BCUT2D eigenvalue weighted by atomic mass is 10.2. The quantitative estimate of drug-likeness (QED) is 0.570. The lowest BCUT2D eigenvalue weighted by Gasteiger charge is -2.03. The second-order valence-corrected chi connectivity index (χ2v) is 5.49. The highest BCUT2D eigenvalue weighted by Crippen LogP contribution is 2.19. The Labute approximate surface area is 106 Å². The standard InChI is InChI=1S/C12H19NOS2/c1-2-3-4-5-7-13-12(14)10-16-11-6-8-15-9-11/h6,8-9H,2-5,7,10H2,1H3,(H,13,14). The first-order chi connectivity index (χ1) is 7.83. The van der Waals surface area contributed by atoms with Gasteiger partial charge in [-0.25, -0.2) is 0 Å². The van der Waals surface area contributed by atoms with E-state index in [0.717, 1.165) is 13.0 Å². The average molecular weight is 257 g/mol. The van der Waals surface area contributed by atoms with E-state index in [0.29, 0.717) is 5.75 Å². The number of rotatable bonds is 8. The first kappa shape index (κ1) is 13.6. The topological polar surface area (TPSA) is 29.1 Å². The highest BCUT2D eigenvalue weighted by atomic mass is 32.2. The van der Waals surface area contributed by atoms with Crippen LogP contribution in [0.25, 0.3) is 0 Å². The molecule has 0 aliphatic heterocycles. The summed E-state index contributed by atoms with van der Waals surface area (Å²) in [6.45, 7) is 3.01. The third-order valence-electron chi connectivity index (χ3n) is 2.22. The minimum absolute atomic E-state index is 0.146. The molecular weight excluding hydrogens is 238 g/mol. The Kier molecular flexibility index (Phi) is 7.34. The van der Waals surface area contributed by atoms with Crippen molar-refractivity contribution in [3.63, 3.8) is 0 Å². The molecule has 1 N–H and O–H groups in total. The molecule has 0 radical (unpaired) electrons. The number of unbranched alkanes of at least 4 members (excludes halogenated alkanes) is 3. The normalized spacial score (nSPS) is 10.3. The fourth-order valence-corrected chi connectivity index (χ4v) is 2.92. The minimum Gasteiger partial charge on any atom is -0.355 e. The van der Waals surface area contributed by atoms with Crippen LogP contribution in [0.3, 0.4) is 0 Å². The SMILES string of the molecule is CCCCCCNC(=O)CSc1ccsc1. The first-order valence-electron chi connectivity index (χ1n) is 5.74. The number of carbonyl (C=O) groups excluding carboxylic acids is 1. The zero-order valence-corrected chi connectivity index (χ0v) is 11.3. The molecule has 4 heteroatoms. The van der Waals surface area contributed by atoms with Crippen LogP contribution in [0.2, 0.25) is 0 Å². The lowest BCUT2D eigenvalue weighted by molar-refractivity contribution is -0.118. The van der Waals surface area contributed by atoms with Crippen molar-refractivity contribution in [2.24, 2.45) is 0 Å². The fourth-order valence-electron chi connectivity index (χ4n) is 1.31. The fraction of sp³-hybridized carbons (Fsp3) is 0.583. The molecule has 1 aromatic heterocycles. The summed E-state index contributed by atoms with van der Waals surface area (Å²) < 4.78 is 0. The van der Waals surface area contributed by atoms with E-state index in [2.05, 4.69) is 17.6 Å². The van der Waals surface area contributed by atoms with E-state index in [1.54, 1.807) is 23.1 Å². The summed E-state index contributed by atoms with van der Waals surface area (Å²) in [6, 6.07) is 2.05. The Balaban J connectivity index is 1.99. The second kappa shape index (κ2) is 8.65. The molecule has 0 aromatic carbocycles. The van der Waals surface area contributed by atoms with Crippen LogP contribution in [0.1, 0.15) is 32.6 Å². The van der Waals surface area contributed by atoms with E-state index in [4.69, 9.17) is 0 Å². The zero-order chi connectivity index (χ0) is 11.6. The maximum Gasteiger partial charge on any atom is 0.230 e. The van der Waals surface area contributed by atoms with Gasteiger partial charge in [0.25, 0.3) is 0 Å². The smallest absolute Gasteiger partial charge is 0.230 e. The van der Waals surface area contributed by atoms with Gasteiger partial charge in [-0.3, -0.25) is 4.79 Å². The number of thiophene rings is 1. The van der Waals surface area contributed by atoms with Crippen molar-refractivity contribution in [1.29, 1.82) is 0 Å². The van der Waals surface area contributed by atoms with Crippen LogP contribution in [0, 0.1) is 0 Å². The van der Waals surface area contributed by atoms with Crippen LogP contribution in [0.4, 0.5) is 0 Å². The number of carbonyl (C=O) groups is 1. The van der Waals surface area contributed by atoms with E-state index < -0.39 is 0 Å². The molecule has 1 rings (SSSR count). The van der Waals surface area contributed by atoms with Crippen LogP contribution < -0.4 is 5.32 Å². The van der Waals surface area contributed by atoms with Gasteiger partial charge in [-0.05, 0) is 17.9 Å². The van der Waals surface area contributed by atoms with Crippen molar-refractivity contribution in [2.75, 3.05) is 12.3 Å². The third kappa shape index (κ3) is 6.18. The van der Waals surface area contributed by atoms with Gasteiger partial charge in [0.1, 0.15) is 0 Å². The lowest BCUT2D eigenvalue weighted by Crippen LogP contribution is -2.26. The second-order valence-electron chi connectivity index (χ2n) is 3.66. The van der Waals surface area contributed by atoms with Crippen LogP contribution in [-0.2, 0) is 4.79 Å². The summed E-state index contributed by atoms with van der Waals surface area (Å²) in [6.07, 6.45) is 4.82. The monoisotopic (exact) mass is 257 g/mol. The maximum atomic E-state index is 11.4. The predicted molar refractivity (Wildman–Crippen MR) is 72.2 cm³/mol. The van der Waals surface area contributed by atoms with E-state index >= 15 is 0 Å². The summed E-state index contributed by atoms with van der Waals surface area (Å²) >= 11 is 3.27. The molecule has 0 bridgehead atoms. The van der Waals surface area contributed by atoms with Gasteiger partial charge in [-0.15, -0.1) is 11.8 Å². The molecule has 16 heavy (non-hydrogen) atoms. The van der Waals surface area contributed by atoms with Gasteiger partial charge < -0.3 is 5.32 Å². The van der Waals surface area contributed by atoms with E-state index in [-0.39, 0.29) is 5.91 Å². The molecule has 0 saturated heterocycles. The van der Waals surface area contributed by atoms with Crippen LogP contribution in [-0.4, -0.2) is 18.2 Å². The van der Waals surface area contributed by atoms with E-state index in [1.165, 1.54) is 24.2 Å². The first-order valence-corrected chi connectivity index (χ1v) is 7.67. The molecule has 0 unspecified atom stereocenters. The summed E-state index contributed by atoms with van der Waals surface area (Å²) in [4.78, 5) is 12.6. The predicted octanol–water partition coefficient (Wildman–Crippen LogP) is 3.54. The van der Waals surface area contributed by atoms with Gasteiger partial charge in [0.05, 0.1) is 5.75 Å². The molecule has 0 atom stereocenters. The molecule has 1 aromatic rings. The Hall–Kier alpha value is -0.480. The molecule has 0 aliphatic carbocycles. The Morgan fingerprint density at radius 3 is 3.00 bits per heavy atom. The molecule has 90 valence electrons. The van der Waals surface area contributed by atoms with E-state index in [1.807, 2.05) is 11.4 Å². The van der Waals surface area contributed by atoms with Gasteiger partial charge in [-0.2, -0.15) is 11.3 Å². The van der Waals surface area contributed by atoms with Crippen molar-refractivity contribution in [1.82, 2.24) is 5.32 Å². The van der Waals surface area contributed by atoms with Gasteiger partial charge in [0.15, 0.2) is 0 Å². The van der Waals surface area contributed by atoms with Crippen molar-refractivity contribution in [3.05, 3.63) is 16.8 Å². The number of thioether (sulfide) groups is 1. The Morgan fingerprint density at radius 2 is 2.31 bits per heavy atom. The van der Waals surface area contributed by atoms with Crippen molar-refractivity contribution in [3.8, 4) is 0 Å². The highest BCUT2D eigenvalue weighted by molar-refractivity contribution is 8.00. The summed E-state index contributed by atoms with van der Waals surface area (Å²) in [5.74, 6) is 0.678. The van der Waals surface area contributed by atoms with E-state index in [9.17, 15) is 4.79 Å². The summed E-state index contributed by atoms with van der Waals surface area (Å²) in [5.41, 5.74) is 0. The molecule has 0 saturated carbocycles. The third-order valence-corrected chi connectivity index (χ3v) is 4.04. The Morgan fingerprint density at radius 1 is 1.44 bits per heavy atom. The van der Waals surface area contributed by atoms with Gasteiger partial charge >= 0.3 is 0 Å². The Bertz CT molecular complexity index is 285. The maximum absolute atomic E-state index is 11.4. The molecule has 2 nitrogen and oxygen atoms in total. The molecule has 0 aliphatic rings. The van der Waals surface area contributed by atoms with Crippen molar-refractivity contribution < 1.29 is 4.79 Å². The number of nitrogens with one attached hydrogen (secondary N) is 1. The molecule has 0 fully saturated rings. The molecule has 1 heterocycles. The highest BCUT2D eigenvalue weighted by Gasteiger charge is 2.01. The number of hydrogen-bond acceptors (Lipinski definition) is 3. The molecule has 1 amide bonds. The van der Waals surface area contributed by atoms with Crippen LogP contribution in [0.5, 0.6) is 0 Å². The molecular formula is C12H19NOS2. The zero-order valence-electron chi connectivity index (χ0n) is 9.70. The van der Waals surface area contributed by atoms with Crippen molar-refractivity contribution in [2.45, 2.75) is 37.5 Å².